The molecular formula is C24H27N3O5. The summed E-state index contributed by atoms with van der Waals surface area (Å²) in [6, 6.07) is 11.4. The average Bonchev–Trinajstić information content (AvgIpc) is 3.09. The normalized spacial score (nSPS) is 21.2. The number of amides is 1. The number of rotatable bonds is 7. The SMILES string of the molecule is CCOc1ccc(C(O)=C2C(=O)C(=O)N(CCN3CCOCC3)[C@H]2c2ccccn2)cc1. The molecule has 2 saturated heterocycles. The van der Waals surface area contributed by atoms with E-state index in [2.05, 4.69) is 9.88 Å². The zero-order chi connectivity index (χ0) is 22.5. The van der Waals surface area contributed by atoms with Gasteiger partial charge in [-0.2, -0.15) is 0 Å². The Balaban J connectivity index is 1.68. The lowest BCUT2D eigenvalue weighted by atomic mass is 9.98. The summed E-state index contributed by atoms with van der Waals surface area (Å²) in [4.78, 5) is 34.1. The van der Waals surface area contributed by atoms with Crippen molar-refractivity contribution < 1.29 is 24.2 Å². The highest BCUT2D eigenvalue weighted by Gasteiger charge is 2.46. The first-order valence-electron chi connectivity index (χ1n) is 10.8. The number of likely N-dealkylation sites (tertiary alicyclic amines) is 1. The highest BCUT2D eigenvalue weighted by atomic mass is 16.5. The van der Waals surface area contributed by atoms with Crippen molar-refractivity contribution in [3.63, 3.8) is 0 Å². The van der Waals surface area contributed by atoms with E-state index in [0.29, 0.717) is 49.9 Å². The van der Waals surface area contributed by atoms with E-state index in [0.717, 1.165) is 13.1 Å². The number of hydrogen-bond donors (Lipinski definition) is 1. The Morgan fingerprint density at radius 1 is 1.12 bits per heavy atom. The van der Waals surface area contributed by atoms with Crippen LogP contribution in [-0.4, -0.2) is 77.6 Å². The third-order valence-corrected chi connectivity index (χ3v) is 5.71. The Morgan fingerprint density at radius 2 is 1.88 bits per heavy atom. The van der Waals surface area contributed by atoms with E-state index in [1.807, 2.05) is 6.92 Å². The van der Waals surface area contributed by atoms with Gasteiger partial charge in [0.05, 0.1) is 31.1 Å². The number of benzene rings is 1. The number of morpholine rings is 1. The molecule has 2 aliphatic heterocycles. The van der Waals surface area contributed by atoms with Crippen molar-refractivity contribution >= 4 is 17.4 Å². The molecule has 2 aliphatic rings. The Hall–Kier alpha value is -3.23. The van der Waals surface area contributed by atoms with Crippen LogP contribution >= 0.6 is 0 Å². The number of carbonyl (C=O) groups excluding carboxylic acids is 2. The van der Waals surface area contributed by atoms with E-state index in [4.69, 9.17) is 9.47 Å². The first kappa shape index (κ1) is 22.0. The summed E-state index contributed by atoms with van der Waals surface area (Å²) in [5, 5.41) is 11.1. The fourth-order valence-corrected chi connectivity index (χ4v) is 4.06. The van der Waals surface area contributed by atoms with Gasteiger partial charge in [-0.05, 0) is 43.3 Å². The maximum Gasteiger partial charge on any atom is 0.295 e. The summed E-state index contributed by atoms with van der Waals surface area (Å²) in [7, 11) is 0. The molecule has 0 bridgehead atoms. The summed E-state index contributed by atoms with van der Waals surface area (Å²) in [5.74, 6) is -0.873. The van der Waals surface area contributed by atoms with E-state index in [9.17, 15) is 14.7 Å². The van der Waals surface area contributed by atoms with Gasteiger partial charge in [0, 0.05) is 37.9 Å². The number of aliphatic hydroxyl groups is 1. The molecule has 0 saturated carbocycles. The third-order valence-electron chi connectivity index (χ3n) is 5.71. The average molecular weight is 437 g/mol. The lowest BCUT2D eigenvalue weighted by Gasteiger charge is -2.30. The summed E-state index contributed by atoms with van der Waals surface area (Å²) in [5.41, 5.74) is 1.04. The second kappa shape index (κ2) is 9.93. The first-order valence-corrected chi connectivity index (χ1v) is 10.8. The molecule has 8 heteroatoms. The monoisotopic (exact) mass is 437 g/mol. The predicted octanol–water partition coefficient (Wildman–Crippen LogP) is 2.23. The molecule has 1 N–H and O–H groups in total. The van der Waals surface area contributed by atoms with E-state index in [1.165, 1.54) is 4.90 Å². The van der Waals surface area contributed by atoms with Crippen molar-refractivity contribution in [2.24, 2.45) is 0 Å². The van der Waals surface area contributed by atoms with Gasteiger partial charge in [-0.25, -0.2) is 0 Å². The van der Waals surface area contributed by atoms with Gasteiger partial charge >= 0.3 is 0 Å². The van der Waals surface area contributed by atoms with Crippen LogP contribution in [0.1, 0.15) is 24.2 Å². The number of nitrogens with zero attached hydrogens (tertiary/aromatic N) is 3. The molecule has 2 fully saturated rings. The van der Waals surface area contributed by atoms with Gasteiger partial charge in [0.25, 0.3) is 11.7 Å². The van der Waals surface area contributed by atoms with Gasteiger partial charge in [0.1, 0.15) is 17.6 Å². The van der Waals surface area contributed by atoms with Crippen LogP contribution in [0.2, 0.25) is 0 Å². The van der Waals surface area contributed by atoms with Crippen molar-refractivity contribution in [2.75, 3.05) is 46.0 Å². The molecule has 4 rings (SSSR count). The molecule has 1 aromatic heterocycles. The van der Waals surface area contributed by atoms with Crippen molar-refractivity contribution in [3.8, 4) is 5.75 Å². The molecule has 1 atom stereocenters. The van der Waals surface area contributed by atoms with Crippen molar-refractivity contribution in [2.45, 2.75) is 13.0 Å². The van der Waals surface area contributed by atoms with Crippen molar-refractivity contribution in [1.29, 1.82) is 0 Å². The number of aromatic nitrogens is 1. The van der Waals surface area contributed by atoms with Crippen LogP contribution in [0.4, 0.5) is 0 Å². The molecule has 1 aromatic carbocycles. The number of ketones is 1. The molecule has 32 heavy (non-hydrogen) atoms. The summed E-state index contributed by atoms with van der Waals surface area (Å²) >= 11 is 0. The van der Waals surface area contributed by atoms with Crippen LogP contribution in [0.15, 0.2) is 54.2 Å². The van der Waals surface area contributed by atoms with E-state index in [-0.39, 0.29) is 11.3 Å². The van der Waals surface area contributed by atoms with Gasteiger partial charge in [-0.1, -0.05) is 6.07 Å². The zero-order valence-electron chi connectivity index (χ0n) is 18.1. The van der Waals surface area contributed by atoms with E-state index < -0.39 is 17.7 Å². The fourth-order valence-electron chi connectivity index (χ4n) is 4.06. The number of ether oxygens (including phenoxy) is 2. The maximum atomic E-state index is 13.0. The summed E-state index contributed by atoms with van der Waals surface area (Å²) < 4.78 is 10.8. The lowest BCUT2D eigenvalue weighted by Crippen LogP contribution is -2.42. The summed E-state index contributed by atoms with van der Waals surface area (Å²) in [6.07, 6.45) is 1.62. The first-order chi connectivity index (χ1) is 15.6. The van der Waals surface area contributed by atoms with Crippen molar-refractivity contribution in [1.82, 2.24) is 14.8 Å². The van der Waals surface area contributed by atoms with Gasteiger partial charge in [-0.15, -0.1) is 0 Å². The molecule has 1 amide bonds. The maximum absolute atomic E-state index is 13.0. The molecule has 0 radical (unpaired) electrons. The standard InChI is InChI=1S/C24H27N3O5/c1-2-32-18-8-6-17(7-9-18)22(28)20-21(19-5-3-4-10-25-19)27(24(30)23(20)29)12-11-26-13-15-31-16-14-26/h3-10,21,28H,2,11-16H2,1H3/t21-/m0/s1. The largest absolute Gasteiger partial charge is 0.507 e. The van der Waals surface area contributed by atoms with Crippen LogP contribution in [0, 0.1) is 0 Å². The van der Waals surface area contributed by atoms with Gasteiger partial charge in [-0.3, -0.25) is 19.5 Å². The molecule has 0 spiro atoms. The Kier molecular flexibility index (Phi) is 6.82. The molecule has 2 aromatic rings. The van der Waals surface area contributed by atoms with E-state index in [1.54, 1.807) is 48.7 Å². The highest BCUT2D eigenvalue weighted by molar-refractivity contribution is 6.46. The molecule has 0 unspecified atom stereocenters. The number of pyridine rings is 1. The van der Waals surface area contributed by atoms with Crippen LogP contribution in [0.3, 0.4) is 0 Å². The molecule has 168 valence electrons. The summed E-state index contributed by atoms with van der Waals surface area (Å²) in [6.45, 7) is 6.25. The lowest BCUT2D eigenvalue weighted by molar-refractivity contribution is -0.140. The predicted molar refractivity (Wildman–Crippen MR) is 118 cm³/mol. The van der Waals surface area contributed by atoms with Crippen LogP contribution in [0.25, 0.3) is 5.76 Å². The van der Waals surface area contributed by atoms with E-state index >= 15 is 0 Å². The topological polar surface area (TPSA) is 92.2 Å². The van der Waals surface area contributed by atoms with Gasteiger partial charge < -0.3 is 19.5 Å². The Morgan fingerprint density at radius 3 is 2.53 bits per heavy atom. The third kappa shape index (κ3) is 4.51. The molecule has 3 heterocycles. The minimum atomic E-state index is -0.746. The zero-order valence-corrected chi connectivity index (χ0v) is 18.1. The van der Waals surface area contributed by atoms with Crippen molar-refractivity contribution in [3.05, 3.63) is 65.5 Å². The second-order valence-corrected chi connectivity index (χ2v) is 7.66. The Bertz CT molecular complexity index is 984. The minimum absolute atomic E-state index is 0.0554. The molecule has 0 aliphatic carbocycles. The number of carbonyl (C=O) groups is 2. The number of hydrogen-bond acceptors (Lipinski definition) is 7. The van der Waals surface area contributed by atoms with Crippen LogP contribution in [0.5, 0.6) is 5.75 Å². The second-order valence-electron chi connectivity index (χ2n) is 7.66. The quantitative estimate of drug-likeness (QED) is 0.403. The highest BCUT2D eigenvalue weighted by Crippen LogP contribution is 2.38. The number of Topliss-reactive ketones (excluding diaryl/α,β-unsaturated/α-hetero) is 1. The fraction of sp³-hybridized carbons (Fsp3) is 0.375. The minimum Gasteiger partial charge on any atom is -0.507 e. The van der Waals surface area contributed by atoms with Crippen LogP contribution in [-0.2, 0) is 14.3 Å². The van der Waals surface area contributed by atoms with Crippen LogP contribution < -0.4 is 4.74 Å². The smallest absolute Gasteiger partial charge is 0.295 e. The molecular weight excluding hydrogens is 410 g/mol. The Labute approximate surface area is 187 Å². The number of aliphatic hydroxyl groups excluding tert-OH is 1. The molecule has 8 nitrogen and oxygen atoms in total. The van der Waals surface area contributed by atoms with Gasteiger partial charge in [0.15, 0.2) is 0 Å². The van der Waals surface area contributed by atoms with Gasteiger partial charge in [0.2, 0.25) is 0 Å².